The monoisotopic (exact) mass is 254 g/mol. The van der Waals surface area contributed by atoms with Crippen LogP contribution in [0.2, 0.25) is 0 Å². The summed E-state index contributed by atoms with van der Waals surface area (Å²) in [5.74, 6) is -0.278. The molecule has 1 rings (SSSR count). The molecule has 100 valence electrons. The van der Waals surface area contributed by atoms with Crippen LogP contribution in [-0.4, -0.2) is 37.7 Å². The van der Waals surface area contributed by atoms with Crippen molar-refractivity contribution in [1.82, 2.24) is 10.2 Å². The Labute approximate surface area is 107 Å². The first-order valence-electron chi connectivity index (χ1n) is 5.78. The summed E-state index contributed by atoms with van der Waals surface area (Å²) in [5, 5.41) is 2.80. The largest absolute Gasteiger partial charge is 0.383 e. The van der Waals surface area contributed by atoms with E-state index >= 15 is 0 Å². The van der Waals surface area contributed by atoms with Crippen LogP contribution < -0.4 is 5.32 Å². The van der Waals surface area contributed by atoms with E-state index in [1.165, 1.54) is 12.1 Å². The second-order valence-electron chi connectivity index (χ2n) is 4.29. The van der Waals surface area contributed by atoms with Crippen molar-refractivity contribution in [2.24, 2.45) is 0 Å². The van der Waals surface area contributed by atoms with E-state index in [4.69, 9.17) is 4.74 Å². The quantitative estimate of drug-likeness (QED) is 0.873. The number of carbonyl (C=O) groups excluding carboxylic acids is 1. The Hall–Kier alpha value is -1.62. The average molecular weight is 254 g/mol. The summed E-state index contributed by atoms with van der Waals surface area (Å²) in [6, 6.07) is 5.88. The molecule has 1 unspecified atom stereocenters. The number of ether oxygens (including phenoxy) is 1. The molecule has 1 aromatic carbocycles. The van der Waals surface area contributed by atoms with Crippen molar-refractivity contribution < 1.29 is 13.9 Å². The van der Waals surface area contributed by atoms with E-state index < -0.39 is 0 Å². The van der Waals surface area contributed by atoms with Gasteiger partial charge in [-0.25, -0.2) is 9.18 Å². The van der Waals surface area contributed by atoms with Crippen LogP contribution in [0.25, 0.3) is 0 Å². The number of benzene rings is 1. The topological polar surface area (TPSA) is 41.6 Å². The Morgan fingerprint density at radius 2 is 2.06 bits per heavy atom. The van der Waals surface area contributed by atoms with Gasteiger partial charge in [0.2, 0.25) is 0 Å². The van der Waals surface area contributed by atoms with E-state index in [0.29, 0.717) is 13.2 Å². The van der Waals surface area contributed by atoms with E-state index in [1.54, 1.807) is 31.2 Å². The minimum absolute atomic E-state index is 0.0434. The van der Waals surface area contributed by atoms with Crippen molar-refractivity contribution in [3.63, 3.8) is 0 Å². The van der Waals surface area contributed by atoms with Crippen molar-refractivity contribution in [2.75, 3.05) is 20.8 Å². The molecule has 1 atom stereocenters. The molecule has 0 aromatic heterocycles. The minimum Gasteiger partial charge on any atom is -0.383 e. The zero-order chi connectivity index (χ0) is 13.5. The lowest BCUT2D eigenvalue weighted by Crippen LogP contribution is -2.43. The molecule has 0 spiro atoms. The van der Waals surface area contributed by atoms with Gasteiger partial charge in [-0.1, -0.05) is 12.1 Å². The summed E-state index contributed by atoms with van der Waals surface area (Å²) in [7, 11) is 3.28. The van der Waals surface area contributed by atoms with Crippen molar-refractivity contribution in [1.29, 1.82) is 0 Å². The van der Waals surface area contributed by atoms with Crippen LogP contribution in [0.3, 0.4) is 0 Å². The molecule has 0 saturated carbocycles. The first kappa shape index (κ1) is 14.4. The Morgan fingerprint density at radius 1 is 1.44 bits per heavy atom. The number of rotatable bonds is 5. The lowest BCUT2D eigenvalue weighted by atomic mass is 10.2. The molecule has 0 aliphatic carbocycles. The number of hydrogen-bond acceptors (Lipinski definition) is 2. The maximum Gasteiger partial charge on any atom is 0.317 e. The highest BCUT2D eigenvalue weighted by molar-refractivity contribution is 5.74. The lowest BCUT2D eigenvalue weighted by Gasteiger charge is -2.21. The highest BCUT2D eigenvalue weighted by atomic mass is 19.1. The maximum atomic E-state index is 12.7. The Bertz CT molecular complexity index is 381. The molecule has 4 nitrogen and oxygen atoms in total. The summed E-state index contributed by atoms with van der Waals surface area (Å²) in [4.78, 5) is 13.3. The van der Waals surface area contributed by atoms with Gasteiger partial charge in [-0.2, -0.15) is 0 Å². The summed E-state index contributed by atoms with van der Waals surface area (Å²) < 4.78 is 17.7. The maximum absolute atomic E-state index is 12.7. The van der Waals surface area contributed by atoms with Crippen molar-refractivity contribution in [3.8, 4) is 0 Å². The number of methoxy groups -OCH3 is 1. The van der Waals surface area contributed by atoms with E-state index in [2.05, 4.69) is 5.32 Å². The SMILES string of the molecule is COCC(C)NC(=O)N(C)Cc1ccc(F)cc1. The first-order chi connectivity index (χ1) is 8.52. The zero-order valence-corrected chi connectivity index (χ0v) is 10.9. The molecule has 1 N–H and O–H groups in total. The molecule has 1 aromatic rings. The van der Waals surface area contributed by atoms with E-state index in [0.717, 1.165) is 5.56 Å². The van der Waals surface area contributed by atoms with Gasteiger partial charge in [0.05, 0.1) is 12.6 Å². The third-order valence-corrected chi connectivity index (χ3v) is 2.47. The summed E-state index contributed by atoms with van der Waals surface area (Å²) in [5.41, 5.74) is 0.883. The molecule has 5 heteroatoms. The van der Waals surface area contributed by atoms with Gasteiger partial charge in [-0.15, -0.1) is 0 Å². The van der Waals surface area contributed by atoms with E-state index in [9.17, 15) is 9.18 Å². The van der Waals surface area contributed by atoms with Crippen molar-refractivity contribution in [3.05, 3.63) is 35.6 Å². The van der Waals surface area contributed by atoms with Crippen LogP contribution in [0.4, 0.5) is 9.18 Å². The fraction of sp³-hybridized carbons (Fsp3) is 0.462. The minimum atomic E-state index is -0.278. The molecular formula is C13H19FN2O2. The third kappa shape index (κ3) is 4.71. The highest BCUT2D eigenvalue weighted by Crippen LogP contribution is 2.05. The summed E-state index contributed by atoms with van der Waals surface area (Å²) >= 11 is 0. The van der Waals surface area contributed by atoms with Gasteiger partial charge in [0.15, 0.2) is 0 Å². The zero-order valence-electron chi connectivity index (χ0n) is 10.9. The summed E-state index contributed by atoms with van der Waals surface area (Å²) in [6.45, 7) is 2.77. The van der Waals surface area contributed by atoms with Crippen LogP contribution >= 0.6 is 0 Å². The molecule has 0 fully saturated rings. The number of urea groups is 1. The van der Waals surface area contributed by atoms with Gasteiger partial charge in [0.25, 0.3) is 0 Å². The lowest BCUT2D eigenvalue weighted by molar-refractivity contribution is 0.162. The second kappa shape index (κ2) is 6.96. The van der Waals surface area contributed by atoms with Gasteiger partial charge in [0.1, 0.15) is 5.82 Å². The predicted octanol–water partition coefficient (Wildman–Crippen LogP) is 2.00. The van der Waals surface area contributed by atoms with E-state index in [1.807, 2.05) is 6.92 Å². The van der Waals surface area contributed by atoms with Crippen LogP contribution in [-0.2, 0) is 11.3 Å². The van der Waals surface area contributed by atoms with Crippen molar-refractivity contribution >= 4 is 6.03 Å². The first-order valence-corrected chi connectivity index (χ1v) is 5.78. The highest BCUT2D eigenvalue weighted by Gasteiger charge is 2.11. The number of carbonyl (C=O) groups is 1. The number of amides is 2. The molecule has 0 saturated heterocycles. The normalized spacial score (nSPS) is 12.0. The Balaban J connectivity index is 2.46. The van der Waals surface area contributed by atoms with Gasteiger partial charge in [0, 0.05) is 20.7 Å². The number of nitrogens with one attached hydrogen (secondary N) is 1. The smallest absolute Gasteiger partial charge is 0.317 e. The fourth-order valence-corrected chi connectivity index (χ4v) is 1.55. The van der Waals surface area contributed by atoms with Gasteiger partial charge >= 0.3 is 6.03 Å². The Kier molecular flexibility index (Phi) is 5.58. The number of hydrogen-bond donors (Lipinski definition) is 1. The van der Waals surface area contributed by atoms with Crippen LogP contribution in [0.15, 0.2) is 24.3 Å². The Morgan fingerprint density at radius 3 is 2.61 bits per heavy atom. The predicted molar refractivity (Wildman–Crippen MR) is 67.7 cm³/mol. The standard InChI is InChI=1S/C13H19FN2O2/c1-10(9-18-3)15-13(17)16(2)8-11-4-6-12(14)7-5-11/h4-7,10H,8-9H2,1-3H3,(H,15,17). The second-order valence-corrected chi connectivity index (χ2v) is 4.29. The third-order valence-electron chi connectivity index (χ3n) is 2.47. The molecule has 0 bridgehead atoms. The van der Waals surface area contributed by atoms with E-state index in [-0.39, 0.29) is 17.9 Å². The molecule has 2 amide bonds. The molecule has 0 heterocycles. The molecule has 0 aliphatic heterocycles. The number of nitrogens with zero attached hydrogens (tertiary/aromatic N) is 1. The van der Waals surface area contributed by atoms with Crippen molar-refractivity contribution in [2.45, 2.75) is 19.5 Å². The van der Waals surface area contributed by atoms with Gasteiger partial charge in [-0.05, 0) is 24.6 Å². The molecular weight excluding hydrogens is 235 g/mol. The number of halogens is 1. The van der Waals surface area contributed by atoms with Crippen LogP contribution in [0.5, 0.6) is 0 Å². The van der Waals surface area contributed by atoms with Crippen LogP contribution in [0.1, 0.15) is 12.5 Å². The molecule has 0 aliphatic rings. The molecule has 0 radical (unpaired) electrons. The molecule has 18 heavy (non-hydrogen) atoms. The van der Waals surface area contributed by atoms with Crippen LogP contribution in [0, 0.1) is 5.82 Å². The average Bonchev–Trinajstić information content (AvgIpc) is 2.32. The van der Waals surface area contributed by atoms with Gasteiger partial charge < -0.3 is 15.0 Å². The summed E-state index contributed by atoms with van der Waals surface area (Å²) in [6.07, 6.45) is 0. The van der Waals surface area contributed by atoms with Gasteiger partial charge in [-0.3, -0.25) is 0 Å². The fourth-order valence-electron chi connectivity index (χ4n) is 1.55.